The number of fused-ring (bicyclic) bond motifs is 1. The summed E-state index contributed by atoms with van der Waals surface area (Å²) in [7, 11) is 0. The van der Waals surface area contributed by atoms with Crippen molar-refractivity contribution < 1.29 is 5.11 Å². The molecule has 4 heteroatoms. The lowest BCUT2D eigenvalue weighted by atomic mass is 10.1. The van der Waals surface area contributed by atoms with Crippen LogP contribution < -0.4 is 0 Å². The molecule has 0 aliphatic heterocycles. The van der Waals surface area contributed by atoms with E-state index in [2.05, 4.69) is 22.0 Å². The summed E-state index contributed by atoms with van der Waals surface area (Å²) < 4.78 is 2.28. The number of halogens is 1. The average Bonchev–Trinajstić information content (AvgIpc) is 2.98. The SMILES string of the molecule is OC(c1cccs1)c1csc2c(Br)cccc12. The molecule has 0 saturated carbocycles. The van der Waals surface area contributed by atoms with E-state index >= 15 is 0 Å². The van der Waals surface area contributed by atoms with Gasteiger partial charge in [0.05, 0.1) is 0 Å². The third-order valence-electron chi connectivity index (χ3n) is 2.69. The summed E-state index contributed by atoms with van der Waals surface area (Å²) in [5.41, 5.74) is 0.994. The Labute approximate surface area is 115 Å². The van der Waals surface area contributed by atoms with Gasteiger partial charge in [-0.15, -0.1) is 22.7 Å². The van der Waals surface area contributed by atoms with Crippen LogP contribution >= 0.6 is 38.6 Å². The van der Waals surface area contributed by atoms with Gasteiger partial charge in [-0.2, -0.15) is 0 Å². The standard InChI is InChI=1S/C13H9BrOS2/c14-10-4-1-3-8-9(7-17-13(8)10)12(15)11-5-2-6-16-11/h1-7,12,15H. The molecule has 1 N–H and O–H groups in total. The summed E-state index contributed by atoms with van der Waals surface area (Å²) >= 11 is 6.79. The predicted octanol–water partition coefficient (Wildman–Crippen LogP) is 4.81. The average molecular weight is 325 g/mol. The first-order chi connectivity index (χ1) is 8.27. The van der Waals surface area contributed by atoms with Crippen LogP contribution in [0, 0.1) is 0 Å². The minimum absolute atomic E-state index is 0.516. The molecule has 0 bridgehead atoms. The van der Waals surface area contributed by atoms with Crippen LogP contribution in [0.15, 0.2) is 45.6 Å². The Kier molecular flexibility index (Phi) is 3.04. The Bertz CT molecular complexity index is 643. The van der Waals surface area contributed by atoms with Gasteiger partial charge in [0.25, 0.3) is 0 Å². The van der Waals surface area contributed by atoms with Gasteiger partial charge in [0.15, 0.2) is 0 Å². The van der Waals surface area contributed by atoms with Gasteiger partial charge in [-0.3, -0.25) is 0 Å². The molecule has 0 aliphatic rings. The number of hydrogen-bond acceptors (Lipinski definition) is 3. The zero-order chi connectivity index (χ0) is 11.8. The van der Waals surface area contributed by atoms with Crippen LogP contribution in [0.5, 0.6) is 0 Å². The molecule has 1 nitrogen and oxygen atoms in total. The molecule has 1 aromatic carbocycles. The van der Waals surface area contributed by atoms with Gasteiger partial charge in [0.2, 0.25) is 0 Å². The lowest BCUT2D eigenvalue weighted by Gasteiger charge is -2.07. The van der Waals surface area contributed by atoms with Gasteiger partial charge in [-0.05, 0) is 44.2 Å². The molecule has 0 saturated heterocycles. The van der Waals surface area contributed by atoms with Crippen molar-refractivity contribution in [2.45, 2.75) is 6.10 Å². The van der Waals surface area contributed by atoms with Gasteiger partial charge < -0.3 is 5.11 Å². The van der Waals surface area contributed by atoms with E-state index in [-0.39, 0.29) is 0 Å². The van der Waals surface area contributed by atoms with Crippen LogP contribution in [0.4, 0.5) is 0 Å². The van der Waals surface area contributed by atoms with Crippen LogP contribution in [-0.4, -0.2) is 5.11 Å². The summed E-state index contributed by atoms with van der Waals surface area (Å²) in [6.07, 6.45) is -0.516. The van der Waals surface area contributed by atoms with Crippen molar-refractivity contribution in [1.29, 1.82) is 0 Å². The Morgan fingerprint density at radius 3 is 2.76 bits per heavy atom. The Balaban J connectivity index is 2.15. The maximum atomic E-state index is 10.4. The van der Waals surface area contributed by atoms with Gasteiger partial charge in [-0.25, -0.2) is 0 Å². The van der Waals surface area contributed by atoms with E-state index in [4.69, 9.17) is 0 Å². The molecule has 86 valence electrons. The second kappa shape index (κ2) is 4.53. The molecule has 2 heterocycles. The van der Waals surface area contributed by atoms with E-state index in [1.807, 2.05) is 35.0 Å². The van der Waals surface area contributed by atoms with E-state index in [1.54, 1.807) is 22.7 Å². The third-order valence-corrected chi connectivity index (χ3v) is 5.58. The number of aliphatic hydroxyl groups excluding tert-OH is 1. The summed E-state index contributed by atoms with van der Waals surface area (Å²) in [6, 6.07) is 10.0. The van der Waals surface area contributed by atoms with Crippen LogP contribution in [0.2, 0.25) is 0 Å². The minimum atomic E-state index is -0.516. The molecule has 17 heavy (non-hydrogen) atoms. The maximum absolute atomic E-state index is 10.4. The van der Waals surface area contributed by atoms with Crippen molar-refractivity contribution in [3.8, 4) is 0 Å². The molecule has 1 unspecified atom stereocenters. The highest BCUT2D eigenvalue weighted by Gasteiger charge is 2.16. The number of aliphatic hydroxyl groups is 1. The van der Waals surface area contributed by atoms with Crippen LogP contribution in [0.25, 0.3) is 10.1 Å². The fourth-order valence-electron chi connectivity index (χ4n) is 1.85. The largest absolute Gasteiger partial charge is 0.383 e. The zero-order valence-corrected chi connectivity index (χ0v) is 12.0. The summed E-state index contributed by atoms with van der Waals surface area (Å²) in [6.45, 7) is 0. The molecule has 0 spiro atoms. The fraction of sp³-hybridized carbons (Fsp3) is 0.0769. The minimum Gasteiger partial charge on any atom is -0.383 e. The quantitative estimate of drug-likeness (QED) is 0.717. The van der Waals surface area contributed by atoms with Crippen molar-refractivity contribution in [1.82, 2.24) is 0 Å². The highest BCUT2D eigenvalue weighted by atomic mass is 79.9. The van der Waals surface area contributed by atoms with Gasteiger partial charge in [0.1, 0.15) is 6.10 Å². The Hall–Kier alpha value is -0.680. The molecule has 3 aromatic rings. The van der Waals surface area contributed by atoms with Crippen molar-refractivity contribution >= 4 is 48.7 Å². The molecule has 0 radical (unpaired) electrons. The van der Waals surface area contributed by atoms with E-state index in [9.17, 15) is 5.11 Å². The summed E-state index contributed by atoms with van der Waals surface area (Å²) in [5, 5.41) is 15.5. The van der Waals surface area contributed by atoms with E-state index in [0.29, 0.717) is 0 Å². The number of rotatable bonds is 2. The number of hydrogen-bond donors (Lipinski definition) is 1. The lowest BCUT2D eigenvalue weighted by molar-refractivity contribution is 0.226. The van der Waals surface area contributed by atoms with Gasteiger partial charge in [-0.1, -0.05) is 18.2 Å². The molecule has 1 atom stereocenters. The third kappa shape index (κ3) is 1.95. The van der Waals surface area contributed by atoms with E-state index < -0.39 is 6.10 Å². The normalized spacial score (nSPS) is 13.1. The smallest absolute Gasteiger partial charge is 0.115 e. The highest BCUT2D eigenvalue weighted by Crippen LogP contribution is 2.37. The molecule has 3 rings (SSSR count). The first kappa shape index (κ1) is 11.4. The first-order valence-electron chi connectivity index (χ1n) is 5.14. The van der Waals surface area contributed by atoms with Crippen molar-refractivity contribution in [2.24, 2.45) is 0 Å². The second-order valence-corrected chi connectivity index (χ2v) is 6.44. The molecular weight excluding hydrogens is 316 g/mol. The molecule has 2 aromatic heterocycles. The van der Waals surface area contributed by atoms with Gasteiger partial charge in [0, 0.05) is 19.6 Å². The summed E-state index contributed by atoms with van der Waals surface area (Å²) in [4.78, 5) is 0.990. The maximum Gasteiger partial charge on any atom is 0.115 e. The van der Waals surface area contributed by atoms with Crippen LogP contribution in [-0.2, 0) is 0 Å². The topological polar surface area (TPSA) is 20.2 Å². The number of thiophene rings is 2. The molecular formula is C13H9BrOS2. The van der Waals surface area contributed by atoms with E-state index in [0.717, 1.165) is 20.3 Å². The van der Waals surface area contributed by atoms with E-state index in [1.165, 1.54) is 4.70 Å². The lowest BCUT2D eigenvalue weighted by Crippen LogP contribution is -1.95. The highest BCUT2D eigenvalue weighted by molar-refractivity contribution is 9.10. The first-order valence-corrected chi connectivity index (χ1v) is 7.69. The Morgan fingerprint density at radius 1 is 1.12 bits per heavy atom. The molecule has 0 aliphatic carbocycles. The van der Waals surface area contributed by atoms with Crippen molar-refractivity contribution in [3.05, 3.63) is 56.0 Å². The number of benzene rings is 1. The van der Waals surface area contributed by atoms with Crippen molar-refractivity contribution in [2.75, 3.05) is 0 Å². The zero-order valence-electron chi connectivity index (χ0n) is 8.76. The molecule has 0 amide bonds. The Morgan fingerprint density at radius 2 is 2.00 bits per heavy atom. The monoisotopic (exact) mass is 324 g/mol. The van der Waals surface area contributed by atoms with Crippen molar-refractivity contribution in [3.63, 3.8) is 0 Å². The van der Waals surface area contributed by atoms with Crippen LogP contribution in [0.1, 0.15) is 16.5 Å². The van der Waals surface area contributed by atoms with Gasteiger partial charge >= 0.3 is 0 Å². The predicted molar refractivity (Wildman–Crippen MR) is 77.9 cm³/mol. The van der Waals surface area contributed by atoms with Crippen LogP contribution in [0.3, 0.4) is 0 Å². The fourth-order valence-corrected chi connectivity index (χ4v) is 4.22. The molecule has 0 fully saturated rings. The summed E-state index contributed by atoms with van der Waals surface area (Å²) in [5.74, 6) is 0. The second-order valence-electron chi connectivity index (χ2n) is 3.73.